The highest BCUT2D eigenvalue weighted by atomic mass is 35.5. The normalized spacial score (nSPS) is 10.5. The maximum absolute atomic E-state index is 13.1. The molecule has 1 N–H and O–H groups in total. The molecule has 5 nitrogen and oxygen atoms in total. The summed E-state index contributed by atoms with van der Waals surface area (Å²) in [7, 11) is 1.60. The van der Waals surface area contributed by atoms with Gasteiger partial charge in [-0.1, -0.05) is 16.8 Å². The average molecular weight is 320 g/mol. The third kappa shape index (κ3) is 3.01. The number of nitrogens with zero attached hydrogens (tertiary/aromatic N) is 2. The third-order valence-electron chi connectivity index (χ3n) is 2.95. The molecule has 0 saturated carbocycles. The van der Waals surface area contributed by atoms with Crippen LogP contribution in [0.1, 0.15) is 0 Å². The van der Waals surface area contributed by atoms with Crippen LogP contribution in [0.25, 0.3) is 11.4 Å². The number of benzene rings is 2. The van der Waals surface area contributed by atoms with Gasteiger partial charge in [-0.2, -0.15) is 4.98 Å². The summed E-state index contributed by atoms with van der Waals surface area (Å²) in [6, 6.07) is 11.7. The van der Waals surface area contributed by atoms with E-state index < -0.39 is 5.82 Å². The lowest BCUT2D eigenvalue weighted by Gasteiger charge is -2.01. The molecule has 0 fully saturated rings. The average Bonchev–Trinajstić information content (AvgIpc) is 2.99. The number of methoxy groups -OCH3 is 1. The predicted octanol–water partition coefficient (Wildman–Crippen LogP) is 4.28. The van der Waals surface area contributed by atoms with Gasteiger partial charge in [0.2, 0.25) is 5.82 Å². The number of nitrogens with one attached hydrogen (secondary N) is 1. The lowest BCUT2D eigenvalue weighted by molar-refractivity contribution is 0.415. The highest BCUT2D eigenvalue weighted by Gasteiger charge is 2.09. The molecule has 0 aliphatic heterocycles. The zero-order chi connectivity index (χ0) is 15.5. The van der Waals surface area contributed by atoms with Crippen molar-refractivity contribution in [1.82, 2.24) is 10.1 Å². The van der Waals surface area contributed by atoms with Gasteiger partial charge in [0.1, 0.15) is 11.6 Å². The van der Waals surface area contributed by atoms with E-state index in [2.05, 4.69) is 15.5 Å². The number of halogens is 2. The number of hydrogen-bond acceptors (Lipinski definition) is 5. The van der Waals surface area contributed by atoms with Gasteiger partial charge in [-0.3, -0.25) is 0 Å². The van der Waals surface area contributed by atoms with Gasteiger partial charge < -0.3 is 14.6 Å². The van der Waals surface area contributed by atoms with Gasteiger partial charge in [-0.05, 0) is 42.5 Å². The van der Waals surface area contributed by atoms with Crippen molar-refractivity contribution >= 4 is 23.3 Å². The highest BCUT2D eigenvalue weighted by molar-refractivity contribution is 6.31. The first kappa shape index (κ1) is 14.3. The van der Waals surface area contributed by atoms with E-state index in [9.17, 15) is 4.39 Å². The van der Waals surface area contributed by atoms with Crippen LogP contribution in [-0.2, 0) is 0 Å². The van der Waals surface area contributed by atoms with Crippen molar-refractivity contribution < 1.29 is 13.7 Å². The van der Waals surface area contributed by atoms with Crippen LogP contribution in [0.4, 0.5) is 16.1 Å². The summed E-state index contributed by atoms with van der Waals surface area (Å²) >= 11 is 5.72. The Morgan fingerprint density at radius 1 is 1.18 bits per heavy atom. The zero-order valence-corrected chi connectivity index (χ0v) is 12.3. The molecule has 0 saturated heterocycles. The van der Waals surface area contributed by atoms with Crippen molar-refractivity contribution in [2.24, 2.45) is 0 Å². The highest BCUT2D eigenvalue weighted by Crippen LogP contribution is 2.24. The van der Waals surface area contributed by atoms with Gasteiger partial charge >= 0.3 is 6.01 Å². The van der Waals surface area contributed by atoms with Gasteiger partial charge in [0.15, 0.2) is 0 Å². The van der Waals surface area contributed by atoms with Crippen LogP contribution in [0.3, 0.4) is 0 Å². The smallest absolute Gasteiger partial charge is 0.326 e. The molecule has 0 bridgehead atoms. The molecule has 3 rings (SSSR count). The molecule has 112 valence electrons. The largest absolute Gasteiger partial charge is 0.497 e. The lowest BCUT2D eigenvalue weighted by Crippen LogP contribution is -1.91. The second kappa shape index (κ2) is 6.03. The number of anilines is 2. The minimum atomic E-state index is -0.489. The van der Waals surface area contributed by atoms with Crippen LogP contribution in [0, 0.1) is 5.82 Å². The molecule has 1 aromatic heterocycles. The van der Waals surface area contributed by atoms with Gasteiger partial charge in [0.05, 0.1) is 12.1 Å². The van der Waals surface area contributed by atoms with E-state index in [1.165, 1.54) is 18.2 Å². The van der Waals surface area contributed by atoms with Gasteiger partial charge in [-0.15, -0.1) is 0 Å². The number of aromatic nitrogens is 2. The van der Waals surface area contributed by atoms with E-state index in [4.69, 9.17) is 20.9 Å². The van der Waals surface area contributed by atoms with Crippen molar-refractivity contribution in [2.45, 2.75) is 0 Å². The fourth-order valence-electron chi connectivity index (χ4n) is 1.83. The minimum absolute atomic E-state index is 0.0138. The van der Waals surface area contributed by atoms with E-state index in [1.54, 1.807) is 19.2 Å². The maximum Gasteiger partial charge on any atom is 0.326 e. The molecule has 0 atom stereocenters. The second-order valence-electron chi connectivity index (χ2n) is 4.41. The second-order valence-corrected chi connectivity index (χ2v) is 4.81. The molecule has 1 heterocycles. The molecule has 0 spiro atoms. The van der Waals surface area contributed by atoms with E-state index in [-0.39, 0.29) is 11.0 Å². The minimum Gasteiger partial charge on any atom is -0.497 e. The Morgan fingerprint density at radius 2 is 1.95 bits per heavy atom. The lowest BCUT2D eigenvalue weighted by atomic mass is 10.2. The first-order valence-corrected chi connectivity index (χ1v) is 6.74. The molecular formula is C15H11ClFN3O2. The quantitative estimate of drug-likeness (QED) is 0.777. The molecule has 0 aliphatic carbocycles. The summed E-state index contributed by atoms with van der Waals surface area (Å²) in [6.45, 7) is 0. The first-order chi connectivity index (χ1) is 10.7. The SMILES string of the molecule is COc1ccc(-c2noc(Nc3ccc(F)c(Cl)c3)n2)cc1. The summed E-state index contributed by atoms with van der Waals surface area (Å²) in [4.78, 5) is 4.22. The molecule has 7 heteroatoms. The molecule has 0 radical (unpaired) electrons. The van der Waals surface area contributed by atoms with Crippen LogP contribution < -0.4 is 10.1 Å². The van der Waals surface area contributed by atoms with E-state index in [0.29, 0.717) is 11.5 Å². The van der Waals surface area contributed by atoms with Crippen molar-refractivity contribution in [3.63, 3.8) is 0 Å². The molecule has 0 unspecified atom stereocenters. The van der Waals surface area contributed by atoms with Crippen LogP contribution in [0.2, 0.25) is 5.02 Å². The molecule has 2 aromatic carbocycles. The Bertz CT molecular complexity index is 790. The van der Waals surface area contributed by atoms with Crippen molar-refractivity contribution in [1.29, 1.82) is 0 Å². The van der Waals surface area contributed by atoms with Crippen LogP contribution >= 0.6 is 11.6 Å². The maximum atomic E-state index is 13.1. The Labute approximate surface area is 130 Å². The number of rotatable bonds is 4. The monoisotopic (exact) mass is 319 g/mol. The first-order valence-electron chi connectivity index (χ1n) is 6.36. The van der Waals surface area contributed by atoms with E-state index >= 15 is 0 Å². The molecule has 0 amide bonds. The predicted molar refractivity (Wildman–Crippen MR) is 81.0 cm³/mol. The molecule has 22 heavy (non-hydrogen) atoms. The van der Waals surface area contributed by atoms with Crippen molar-refractivity contribution in [3.8, 4) is 17.1 Å². The van der Waals surface area contributed by atoms with Gasteiger partial charge in [-0.25, -0.2) is 4.39 Å². The van der Waals surface area contributed by atoms with Crippen LogP contribution in [-0.4, -0.2) is 17.3 Å². The Balaban J connectivity index is 1.79. The van der Waals surface area contributed by atoms with Gasteiger partial charge in [0, 0.05) is 11.3 Å². The third-order valence-corrected chi connectivity index (χ3v) is 3.23. The van der Waals surface area contributed by atoms with Gasteiger partial charge in [0.25, 0.3) is 0 Å². The van der Waals surface area contributed by atoms with Crippen LogP contribution in [0.15, 0.2) is 47.0 Å². The Kier molecular flexibility index (Phi) is 3.93. The van der Waals surface area contributed by atoms with Crippen molar-refractivity contribution in [3.05, 3.63) is 53.3 Å². The van der Waals surface area contributed by atoms with Crippen LogP contribution in [0.5, 0.6) is 5.75 Å². The Hall–Kier alpha value is -2.60. The van der Waals surface area contributed by atoms with E-state index in [1.807, 2.05) is 12.1 Å². The summed E-state index contributed by atoms with van der Waals surface area (Å²) in [5, 5.41) is 6.76. The van der Waals surface area contributed by atoms with E-state index in [0.717, 1.165) is 11.3 Å². The van der Waals surface area contributed by atoms with Crippen molar-refractivity contribution in [2.75, 3.05) is 12.4 Å². The standard InChI is InChI=1S/C15H11ClFN3O2/c1-21-11-5-2-9(3-6-11)14-19-15(22-20-14)18-10-4-7-13(17)12(16)8-10/h2-8H,1H3,(H,18,19,20). The molecular weight excluding hydrogens is 309 g/mol. The fraction of sp³-hybridized carbons (Fsp3) is 0.0667. The zero-order valence-electron chi connectivity index (χ0n) is 11.5. The number of ether oxygens (including phenoxy) is 1. The summed E-state index contributed by atoms with van der Waals surface area (Å²) in [6.07, 6.45) is 0. The summed E-state index contributed by atoms with van der Waals surface area (Å²) in [5.41, 5.74) is 1.34. The number of hydrogen-bond donors (Lipinski definition) is 1. The molecule has 3 aromatic rings. The summed E-state index contributed by atoms with van der Waals surface area (Å²) < 4.78 is 23.3. The fourth-order valence-corrected chi connectivity index (χ4v) is 2.01. The Morgan fingerprint density at radius 3 is 2.64 bits per heavy atom. The summed E-state index contributed by atoms with van der Waals surface area (Å²) in [5.74, 6) is 0.682. The topological polar surface area (TPSA) is 60.2 Å². The molecule has 0 aliphatic rings.